The van der Waals surface area contributed by atoms with Crippen molar-refractivity contribution in [2.45, 2.75) is 18.8 Å². The highest BCUT2D eigenvalue weighted by Crippen LogP contribution is 2.40. The van der Waals surface area contributed by atoms with Crippen LogP contribution in [0, 0.1) is 0 Å². The second-order valence-electron chi connectivity index (χ2n) is 4.36. The van der Waals surface area contributed by atoms with Crippen LogP contribution < -0.4 is 0 Å². The first-order valence-electron chi connectivity index (χ1n) is 5.72. The van der Waals surface area contributed by atoms with E-state index in [-0.39, 0.29) is 11.7 Å². The van der Waals surface area contributed by atoms with Crippen molar-refractivity contribution in [3.8, 4) is 5.69 Å². The third-order valence-corrected chi connectivity index (χ3v) is 3.73. The molecule has 1 N–H and O–H groups in total. The standard InChI is InChI=1S/C12H9Cl2N3O2/c13-7-2-1-3-8(9(7)14)17-11(6-4-5-6)15-10(16-17)12(18)19/h1-3,6H,4-5H2,(H,18,19). The molecule has 1 saturated carbocycles. The van der Waals surface area contributed by atoms with Crippen LogP contribution in [-0.2, 0) is 0 Å². The molecule has 0 aliphatic heterocycles. The highest BCUT2D eigenvalue weighted by Gasteiger charge is 2.32. The highest BCUT2D eigenvalue weighted by molar-refractivity contribution is 6.43. The van der Waals surface area contributed by atoms with Gasteiger partial charge in [-0.15, -0.1) is 5.10 Å². The first-order valence-corrected chi connectivity index (χ1v) is 6.48. The molecular formula is C12H9Cl2N3O2. The molecule has 1 aliphatic rings. The topological polar surface area (TPSA) is 68.0 Å². The van der Waals surface area contributed by atoms with E-state index < -0.39 is 5.97 Å². The Labute approximate surface area is 118 Å². The molecule has 3 rings (SSSR count). The Morgan fingerprint density at radius 2 is 2.11 bits per heavy atom. The Kier molecular flexibility index (Phi) is 2.95. The van der Waals surface area contributed by atoms with Gasteiger partial charge in [0.05, 0.1) is 15.7 Å². The lowest BCUT2D eigenvalue weighted by molar-refractivity contribution is 0.0683. The minimum Gasteiger partial charge on any atom is -0.475 e. The van der Waals surface area contributed by atoms with E-state index in [1.807, 2.05) is 0 Å². The molecular weight excluding hydrogens is 289 g/mol. The van der Waals surface area contributed by atoms with Gasteiger partial charge in [-0.25, -0.2) is 14.5 Å². The van der Waals surface area contributed by atoms with Gasteiger partial charge in [-0.3, -0.25) is 0 Å². The van der Waals surface area contributed by atoms with Crippen LogP contribution in [0.15, 0.2) is 18.2 Å². The summed E-state index contributed by atoms with van der Waals surface area (Å²) in [7, 11) is 0. The Balaban J connectivity index is 2.18. The second-order valence-corrected chi connectivity index (χ2v) is 5.14. The predicted octanol–water partition coefficient (Wildman–Crippen LogP) is 3.15. The van der Waals surface area contributed by atoms with Crippen molar-refractivity contribution in [1.82, 2.24) is 14.8 Å². The molecule has 19 heavy (non-hydrogen) atoms. The summed E-state index contributed by atoms with van der Waals surface area (Å²) in [6.07, 6.45) is 1.96. The minimum atomic E-state index is -1.15. The molecule has 5 nitrogen and oxygen atoms in total. The molecule has 0 bridgehead atoms. The SMILES string of the molecule is O=C(O)c1nc(C2CC2)n(-c2cccc(Cl)c2Cl)n1. The lowest BCUT2D eigenvalue weighted by Crippen LogP contribution is -2.04. The fourth-order valence-corrected chi connectivity index (χ4v) is 2.23. The Morgan fingerprint density at radius 3 is 2.74 bits per heavy atom. The van der Waals surface area contributed by atoms with Gasteiger partial charge in [0.2, 0.25) is 0 Å². The summed E-state index contributed by atoms with van der Waals surface area (Å²) in [4.78, 5) is 15.1. The van der Waals surface area contributed by atoms with Crippen LogP contribution >= 0.6 is 23.2 Å². The van der Waals surface area contributed by atoms with Crippen molar-refractivity contribution in [3.05, 3.63) is 39.9 Å². The second kappa shape index (κ2) is 4.51. The van der Waals surface area contributed by atoms with Crippen LogP contribution in [0.1, 0.15) is 35.2 Å². The maximum Gasteiger partial charge on any atom is 0.375 e. The van der Waals surface area contributed by atoms with Gasteiger partial charge in [0, 0.05) is 5.92 Å². The van der Waals surface area contributed by atoms with Gasteiger partial charge in [-0.1, -0.05) is 29.3 Å². The summed E-state index contributed by atoms with van der Waals surface area (Å²) in [6, 6.07) is 5.14. The van der Waals surface area contributed by atoms with Gasteiger partial charge >= 0.3 is 5.97 Å². The van der Waals surface area contributed by atoms with Crippen LogP contribution in [0.3, 0.4) is 0 Å². The molecule has 0 unspecified atom stereocenters. The molecule has 0 radical (unpaired) electrons. The van der Waals surface area contributed by atoms with Gasteiger partial charge in [-0.05, 0) is 25.0 Å². The van der Waals surface area contributed by atoms with Gasteiger partial charge < -0.3 is 5.11 Å². The Bertz CT molecular complexity index is 665. The van der Waals surface area contributed by atoms with Crippen molar-refractivity contribution >= 4 is 29.2 Å². The number of nitrogens with zero attached hydrogens (tertiary/aromatic N) is 3. The maximum absolute atomic E-state index is 11.0. The highest BCUT2D eigenvalue weighted by atomic mass is 35.5. The zero-order valence-electron chi connectivity index (χ0n) is 9.68. The number of carboxylic acids is 1. The lowest BCUT2D eigenvalue weighted by Gasteiger charge is -2.07. The van der Waals surface area contributed by atoms with Crippen molar-refractivity contribution in [1.29, 1.82) is 0 Å². The Hall–Kier alpha value is -1.59. The van der Waals surface area contributed by atoms with Crippen LogP contribution in [0.25, 0.3) is 5.69 Å². The van der Waals surface area contributed by atoms with Crippen LogP contribution in [0.4, 0.5) is 0 Å². The number of carbonyl (C=O) groups is 1. The Morgan fingerprint density at radius 1 is 1.37 bits per heavy atom. The number of aromatic carboxylic acids is 1. The van der Waals surface area contributed by atoms with E-state index in [0.717, 1.165) is 12.8 Å². The molecule has 0 amide bonds. The van der Waals surface area contributed by atoms with Crippen molar-refractivity contribution in [2.24, 2.45) is 0 Å². The third-order valence-electron chi connectivity index (χ3n) is 2.93. The summed E-state index contributed by atoms with van der Waals surface area (Å²) in [5.74, 6) is -0.506. The quantitative estimate of drug-likeness (QED) is 0.945. The maximum atomic E-state index is 11.0. The number of aromatic nitrogens is 3. The largest absolute Gasteiger partial charge is 0.475 e. The minimum absolute atomic E-state index is 0.224. The zero-order valence-corrected chi connectivity index (χ0v) is 11.2. The van der Waals surface area contributed by atoms with E-state index in [0.29, 0.717) is 21.6 Å². The molecule has 0 atom stereocenters. The molecule has 0 saturated heterocycles. The van der Waals surface area contributed by atoms with Crippen LogP contribution in [-0.4, -0.2) is 25.8 Å². The molecule has 1 aromatic carbocycles. The molecule has 1 aromatic heterocycles. The van der Waals surface area contributed by atoms with Gasteiger partial charge in [0.1, 0.15) is 5.82 Å². The average Bonchev–Trinajstić information content (AvgIpc) is 3.12. The normalized spacial score (nSPS) is 14.6. The number of rotatable bonds is 3. The fraction of sp³-hybridized carbons (Fsp3) is 0.250. The fourth-order valence-electron chi connectivity index (χ4n) is 1.85. The van der Waals surface area contributed by atoms with E-state index in [1.165, 1.54) is 4.68 Å². The van der Waals surface area contributed by atoms with E-state index in [1.54, 1.807) is 18.2 Å². The summed E-state index contributed by atoms with van der Waals surface area (Å²) in [5.41, 5.74) is 0.552. The van der Waals surface area contributed by atoms with E-state index >= 15 is 0 Å². The molecule has 1 fully saturated rings. The summed E-state index contributed by atoms with van der Waals surface area (Å²) in [5, 5.41) is 13.7. The van der Waals surface area contributed by atoms with Crippen molar-refractivity contribution in [3.63, 3.8) is 0 Å². The predicted molar refractivity (Wildman–Crippen MR) is 70.3 cm³/mol. The number of carboxylic acid groups (broad SMARTS) is 1. The monoisotopic (exact) mass is 297 g/mol. The zero-order chi connectivity index (χ0) is 13.6. The summed E-state index contributed by atoms with van der Waals surface area (Å²) in [6.45, 7) is 0. The molecule has 1 heterocycles. The number of benzene rings is 1. The summed E-state index contributed by atoms with van der Waals surface area (Å²) < 4.78 is 1.48. The van der Waals surface area contributed by atoms with Gasteiger partial charge in [0.25, 0.3) is 5.82 Å². The van der Waals surface area contributed by atoms with Crippen molar-refractivity contribution < 1.29 is 9.90 Å². The summed E-state index contributed by atoms with van der Waals surface area (Å²) >= 11 is 12.1. The molecule has 1 aliphatic carbocycles. The number of hydrogen-bond donors (Lipinski definition) is 1. The molecule has 98 valence electrons. The molecule has 7 heteroatoms. The van der Waals surface area contributed by atoms with E-state index in [9.17, 15) is 4.79 Å². The lowest BCUT2D eigenvalue weighted by atomic mass is 10.3. The average molecular weight is 298 g/mol. The van der Waals surface area contributed by atoms with Crippen LogP contribution in [0.5, 0.6) is 0 Å². The first-order chi connectivity index (χ1) is 9.08. The first kappa shape index (κ1) is 12.4. The van der Waals surface area contributed by atoms with E-state index in [4.69, 9.17) is 28.3 Å². The van der Waals surface area contributed by atoms with Crippen LogP contribution in [0.2, 0.25) is 10.0 Å². The van der Waals surface area contributed by atoms with E-state index in [2.05, 4.69) is 10.1 Å². The van der Waals surface area contributed by atoms with Crippen molar-refractivity contribution in [2.75, 3.05) is 0 Å². The number of hydrogen-bond acceptors (Lipinski definition) is 3. The van der Waals surface area contributed by atoms with Gasteiger partial charge in [-0.2, -0.15) is 0 Å². The number of halogens is 2. The third kappa shape index (κ3) is 2.19. The molecule has 2 aromatic rings. The smallest absolute Gasteiger partial charge is 0.375 e. The molecule has 0 spiro atoms. The van der Waals surface area contributed by atoms with Gasteiger partial charge in [0.15, 0.2) is 0 Å².